The van der Waals surface area contributed by atoms with Crippen LogP contribution in [0.3, 0.4) is 0 Å². The lowest BCUT2D eigenvalue weighted by atomic mass is 9.69. The summed E-state index contributed by atoms with van der Waals surface area (Å²) in [6, 6.07) is 6.00. The van der Waals surface area contributed by atoms with Crippen LogP contribution in [0.25, 0.3) is 0 Å². The van der Waals surface area contributed by atoms with Crippen molar-refractivity contribution in [1.29, 1.82) is 0 Å². The molecule has 0 radical (unpaired) electrons. The lowest BCUT2D eigenvalue weighted by molar-refractivity contribution is -0.385. The van der Waals surface area contributed by atoms with Crippen molar-refractivity contribution in [3.05, 3.63) is 62.5 Å². The topological polar surface area (TPSA) is 125 Å². The Kier molecular flexibility index (Phi) is 7.00. The summed E-state index contributed by atoms with van der Waals surface area (Å²) in [4.78, 5) is 50.6. The SMILES string of the molecule is CC[C@H](C)OC(=O)C1=C(C)NC2=C(C(=O)[C@@H](C(=O)OC)[C@@H](C)C2)[C@@H]1c1ccccc1[N+](=O)[O-]. The number of carbonyl (C=O) groups excluding carboxylic acids is 3. The Hall–Kier alpha value is -3.49. The molecule has 1 aromatic carbocycles. The van der Waals surface area contributed by atoms with Crippen molar-refractivity contribution in [2.45, 2.75) is 52.6 Å². The zero-order chi connectivity index (χ0) is 24.4. The molecule has 0 bridgehead atoms. The van der Waals surface area contributed by atoms with Crippen LogP contribution in [-0.2, 0) is 23.9 Å². The third-order valence-electron chi connectivity index (χ3n) is 6.29. The number of nitrogens with one attached hydrogen (secondary N) is 1. The normalized spacial score (nSPS) is 23.4. The number of Topliss-reactive ketones (excluding diaryl/α,β-unsaturated/α-hetero) is 1. The predicted octanol–water partition coefficient (Wildman–Crippen LogP) is 3.55. The van der Waals surface area contributed by atoms with E-state index in [1.54, 1.807) is 26.8 Å². The molecule has 1 aliphatic carbocycles. The van der Waals surface area contributed by atoms with Crippen molar-refractivity contribution < 1.29 is 28.8 Å². The number of methoxy groups -OCH3 is 1. The number of benzene rings is 1. The zero-order valence-electron chi connectivity index (χ0n) is 19.3. The van der Waals surface area contributed by atoms with E-state index in [2.05, 4.69) is 5.32 Å². The molecule has 3 rings (SSSR count). The van der Waals surface area contributed by atoms with Gasteiger partial charge in [0, 0.05) is 28.6 Å². The number of ether oxygens (including phenoxy) is 2. The van der Waals surface area contributed by atoms with E-state index in [0.717, 1.165) is 0 Å². The molecule has 1 heterocycles. The molecular formula is C24H28N2O7. The standard InChI is InChI=1S/C24H28N2O7/c1-6-13(3)33-24(29)19-14(4)25-16-11-12(2)18(23(28)32-5)22(27)21(16)20(19)15-9-7-8-10-17(15)26(30)31/h7-10,12-13,18,20,25H,6,11H2,1-5H3/t12-,13-,18-,20+/m0/s1. The largest absolute Gasteiger partial charge is 0.468 e. The molecular weight excluding hydrogens is 428 g/mol. The summed E-state index contributed by atoms with van der Waals surface area (Å²) < 4.78 is 10.4. The number of para-hydroxylation sites is 1. The van der Waals surface area contributed by atoms with E-state index in [-0.39, 0.29) is 34.4 Å². The van der Waals surface area contributed by atoms with Crippen molar-refractivity contribution >= 4 is 23.4 Å². The van der Waals surface area contributed by atoms with Crippen molar-refractivity contribution in [2.75, 3.05) is 7.11 Å². The van der Waals surface area contributed by atoms with Crippen molar-refractivity contribution in [3.63, 3.8) is 0 Å². The first-order valence-corrected chi connectivity index (χ1v) is 10.9. The third-order valence-corrected chi connectivity index (χ3v) is 6.29. The van der Waals surface area contributed by atoms with Gasteiger partial charge < -0.3 is 14.8 Å². The summed E-state index contributed by atoms with van der Waals surface area (Å²) in [5, 5.41) is 15.0. The maximum absolute atomic E-state index is 13.6. The van der Waals surface area contributed by atoms with Gasteiger partial charge in [-0.05, 0) is 32.6 Å². The molecule has 0 unspecified atom stereocenters. The summed E-state index contributed by atoms with van der Waals surface area (Å²) in [6.07, 6.45) is 0.545. The summed E-state index contributed by atoms with van der Waals surface area (Å²) in [6.45, 7) is 7.07. The highest BCUT2D eigenvalue weighted by atomic mass is 16.6. The second kappa shape index (κ2) is 9.56. The van der Waals surface area contributed by atoms with Crippen LogP contribution in [0.2, 0.25) is 0 Å². The fourth-order valence-corrected chi connectivity index (χ4v) is 4.49. The number of esters is 2. The highest BCUT2D eigenvalue weighted by Gasteiger charge is 2.48. The van der Waals surface area contributed by atoms with Crippen molar-refractivity contribution in [1.82, 2.24) is 5.32 Å². The van der Waals surface area contributed by atoms with E-state index in [4.69, 9.17) is 9.47 Å². The van der Waals surface area contributed by atoms with Gasteiger partial charge >= 0.3 is 11.9 Å². The van der Waals surface area contributed by atoms with Crippen molar-refractivity contribution in [3.8, 4) is 0 Å². The Morgan fingerprint density at radius 1 is 1.30 bits per heavy atom. The average molecular weight is 456 g/mol. The molecule has 0 spiro atoms. The second-order valence-corrected chi connectivity index (χ2v) is 8.48. The van der Waals surface area contributed by atoms with Gasteiger partial charge in [0.15, 0.2) is 5.78 Å². The Morgan fingerprint density at radius 2 is 1.97 bits per heavy atom. The lowest BCUT2D eigenvalue weighted by Gasteiger charge is -2.38. The minimum absolute atomic E-state index is 0.120. The van der Waals surface area contributed by atoms with Crippen LogP contribution in [0, 0.1) is 22.0 Å². The third kappa shape index (κ3) is 4.40. The lowest BCUT2D eigenvalue weighted by Crippen LogP contribution is -2.43. The number of carbonyl (C=O) groups is 3. The number of nitro groups is 1. The van der Waals surface area contributed by atoms with E-state index < -0.39 is 34.5 Å². The number of ketones is 1. The molecule has 33 heavy (non-hydrogen) atoms. The summed E-state index contributed by atoms with van der Waals surface area (Å²) in [7, 11) is 1.21. The number of nitro benzene ring substituents is 1. The fraction of sp³-hybridized carbons (Fsp3) is 0.458. The molecule has 0 saturated heterocycles. The quantitative estimate of drug-likeness (QED) is 0.298. The molecule has 1 N–H and O–H groups in total. The van der Waals surface area contributed by atoms with Crippen LogP contribution >= 0.6 is 0 Å². The summed E-state index contributed by atoms with van der Waals surface area (Å²) in [5.41, 5.74) is 1.27. The first kappa shape index (κ1) is 24.2. The second-order valence-electron chi connectivity index (χ2n) is 8.48. The Balaban J connectivity index is 2.25. The first-order valence-electron chi connectivity index (χ1n) is 10.9. The van der Waals surface area contributed by atoms with Crippen LogP contribution in [-0.4, -0.2) is 35.9 Å². The maximum atomic E-state index is 13.6. The average Bonchev–Trinajstić information content (AvgIpc) is 2.77. The van der Waals surface area contributed by atoms with Gasteiger partial charge in [0.1, 0.15) is 5.92 Å². The molecule has 4 atom stereocenters. The molecule has 0 amide bonds. The number of allylic oxidation sites excluding steroid dienone is 3. The highest BCUT2D eigenvalue weighted by Crippen LogP contribution is 2.47. The predicted molar refractivity (Wildman–Crippen MR) is 119 cm³/mol. The van der Waals surface area contributed by atoms with Gasteiger partial charge in [0.25, 0.3) is 5.69 Å². The first-order chi connectivity index (χ1) is 15.6. The molecule has 0 aromatic heterocycles. The highest BCUT2D eigenvalue weighted by molar-refractivity contribution is 6.12. The molecule has 2 aliphatic rings. The molecule has 0 saturated carbocycles. The Morgan fingerprint density at radius 3 is 2.58 bits per heavy atom. The minimum Gasteiger partial charge on any atom is -0.468 e. The number of dihydropyridines is 1. The van der Waals surface area contributed by atoms with Crippen LogP contribution in [0.15, 0.2) is 46.8 Å². The van der Waals surface area contributed by atoms with Crippen molar-refractivity contribution in [2.24, 2.45) is 11.8 Å². The van der Waals surface area contributed by atoms with Gasteiger partial charge in [0.2, 0.25) is 0 Å². The van der Waals surface area contributed by atoms with Gasteiger partial charge in [-0.1, -0.05) is 32.0 Å². The van der Waals surface area contributed by atoms with E-state index in [0.29, 0.717) is 24.2 Å². The van der Waals surface area contributed by atoms with Gasteiger partial charge in [-0.15, -0.1) is 0 Å². The molecule has 1 aromatic rings. The van der Waals surface area contributed by atoms with Gasteiger partial charge in [-0.25, -0.2) is 4.79 Å². The summed E-state index contributed by atoms with van der Waals surface area (Å²) >= 11 is 0. The van der Waals surface area contributed by atoms with Crippen LogP contribution in [0.1, 0.15) is 52.0 Å². The molecule has 0 fully saturated rings. The fourth-order valence-electron chi connectivity index (χ4n) is 4.49. The van der Waals surface area contributed by atoms with Gasteiger partial charge in [-0.2, -0.15) is 0 Å². The molecule has 9 heteroatoms. The number of rotatable bonds is 6. The van der Waals surface area contributed by atoms with E-state index >= 15 is 0 Å². The smallest absolute Gasteiger partial charge is 0.337 e. The molecule has 9 nitrogen and oxygen atoms in total. The monoisotopic (exact) mass is 456 g/mol. The maximum Gasteiger partial charge on any atom is 0.337 e. The number of nitrogens with zero attached hydrogens (tertiary/aromatic N) is 1. The Labute approximate surface area is 192 Å². The number of hydrogen-bond donors (Lipinski definition) is 1. The number of hydrogen-bond acceptors (Lipinski definition) is 8. The van der Waals surface area contributed by atoms with Crippen LogP contribution < -0.4 is 5.32 Å². The molecule has 176 valence electrons. The van der Waals surface area contributed by atoms with Crippen LogP contribution in [0.4, 0.5) is 5.69 Å². The Bertz CT molecular complexity index is 1070. The van der Waals surface area contributed by atoms with E-state index in [1.165, 1.54) is 25.3 Å². The summed E-state index contributed by atoms with van der Waals surface area (Å²) in [5.74, 6) is -4.30. The van der Waals surface area contributed by atoms with E-state index in [9.17, 15) is 24.5 Å². The minimum atomic E-state index is -1.06. The van der Waals surface area contributed by atoms with Gasteiger partial charge in [-0.3, -0.25) is 19.7 Å². The van der Waals surface area contributed by atoms with E-state index in [1.807, 2.05) is 6.92 Å². The van der Waals surface area contributed by atoms with Gasteiger partial charge in [0.05, 0.1) is 29.6 Å². The van der Waals surface area contributed by atoms with Crippen LogP contribution in [0.5, 0.6) is 0 Å². The zero-order valence-corrected chi connectivity index (χ0v) is 19.3. The molecule has 1 aliphatic heterocycles.